The Labute approximate surface area is 283 Å². The summed E-state index contributed by atoms with van der Waals surface area (Å²) in [6, 6.07) is 29.6. The number of sulfonamides is 1. The number of para-hydroxylation sites is 1. The third-order valence-corrected chi connectivity index (χ3v) is 10.8. The van der Waals surface area contributed by atoms with Crippen molar-refractivity contribution in [2.24, 2.45) is 0 Å². The summed E-state index contributed by atoms with van der Waals surface area (Å²) in [5, 5.41) is 3.65. The van der Waals surface area contributed by atoms with Crippen LogP contribution >= 0.6 is 11.6 Å². The first-order chi connectivity index (χ1) is 22.6. The topological polar surface area (TPSA) is 86.8 Å². The van der Waals surface area contributed by atoms with Crippen LogP contribution in [0.2, 0.25) is 5.02 Å². The highest BCUT2D eigenvalue weighted by atomic mass is 35.5. The minimum atomic E-state index is -4.20. The Bertz CT molecular complexity index is 1760. The predicted molar refractivity (Wildman–Crippen MR) is 188 cm³/mol. The first-order valence-corrected chi connectivity index (χ1v) is 18.0. The van der Waals surface area contributed by atoms with Crippen molar-refractivity contribution >= 4 is 39.1 Å². The zero-order chi connectivity index (χ0) is 33.4. The van der Waals surface area contributed by atoms with Gasteiger partial charge in [-0.3, -0.25) is 13.9 Å². The highest BCUT2D eigenvalue weighted by Gasteiger charge is 2.35. The first kappa shape index (κ1) is 34.2. The van der Waals surface area contributed by atoms with Gasteiger partial charge in [-0.25, -0.2) is 8.42 Å². The number of rotatable bonds is 12. The van der Waals surface area contributed by atoms with Gasteiger partial charge >= 0.3 is 0 Å². The van der Waals surface area contributed by atoms with Gasteiger partial charge in [0, 0.05) is 24.0 Å². The summed E-state index contributed by atoms with van der Waals surface area (Å²) in [5.74, 6) is -0.713. The van der Waals surface area contributed by atoms with E-state index < -0.39 is 28.5 Å². The molecule has 0 heterocycles. The molecule has 1 aliphatic rings. The molecule has 1 N–H and O–H groups in total. The van der Waals surface area contributed by atoms with E-state index in [1.54, 1.807) is 17.0 Å². The minimum Gasteiger partial charge on any atom is -0.352 e. The lowest BCUT2D eigenvalue weighted by Gasteiger charge is -2.35. The summed E-state index contributed by atoms with van der Waals surface area (Å²) >= 11 is 6.09. The summed E-state index contributed by atoms with van der Waals surface area (Å²) in [6.07, 6.45) is 5.33. The van der Waals surface area contributed by atoms with Crippen LogP contribution in [0.3, 0.4) is 0 Å². The van der Waals surface area contributed by atoms with Gasteiger partial charge < -0.3 is 10.2 Å². The summed E-state index contributed by atoms with van der Waals surface area (Å²) < 4.78 is 29.6. The fourth-order valence-corrected chi connectivity index (χ4v) is 7.68. The second-order valence-corrected chi connectivity index (χ2v) is 14.6. The Balaban J connectivity index is 1.56. The van der Waals surface area contributed by atoms with Gasteiger partial charge in [-0.1, -0.05) is 109 Å². The van der Waals surface area contributed by atoms with Crippen LogP contribution in [0, 0.1) is 13.8 Å². The van der Waals surface area contributed by atoms with Crippen molar-refractivity contribution < 1.29 is 18.0 Å². The molecule has 4 aromatic rings. The van der Waals surface area contributed by atoms with Crippen molar-refractivity contribution in [2.75, 3.05) is 10.8 Å². The molecule has 0 spiro atoms. The zero-order valence-electron chi connectivity index (χ0n) is 26.9. The lowest BCUT2D eigenvalue weighted by Crippen LogP contribution is -2.55. The number of anilines is 1. The van der Waals surface area contributed by atoms with Crippen molar-refractivity contribution in [2.45, 2.75) is 75.9 Å². The quantitative estimate of drug-likeness (QED) is 0.172. The van der Waals surface area contributed by atoms with E-state index in [-0.39, 0.29) is 29.8 Å². The molecule has 1 unspecified atom stereocenters. The van der Waals surface area contributed by atoms with Crippen LogP contribution in [-0.4, -0.2) is 43.8 Å². The lowest BCUT2D eigenvalue weighted by atomic mass is 9.94. The molecule has 246 valence electrons. The number of hydrogen-bond acceptors (Lipinski definition) is 4. The van der Waals surface area contributed by atoms with Crippen LogP contribution in [0.15, 0.2) is 108 Å². The largest absolute Gasteiger partial charge is 0.352 e. The maximum Gasteiger partial charge on any atom is 0.264 e. The van der Waals surface area contributed by atoms with Crippen LogP contribution < -0.4 is 9.62 Å². The van der Waals surface area contributed by atoms with E-state index in [1.165, 1.54) is 24.3 Å². The Morgan fingerprint density at radius 2 is 1.45 bits per heavy atom. The molecule has 47 heavy (non-hydrogen) atoms. The molecule has 1 atom stereocenters. The third-order valence-electron chi connectivity index (χ3n) is 8.76. The number of carbonyl (C=O) groups excluding carboxylic acids is 2. The van der Waals surface area contributed by atoms with Gasteiger partial charge in [0.1, 0.15) is 12.6 Å². The third kappa shape index (κ3) is 8.82. The van der Waals surface area contributed by atoms with Crippen molar-refractivity contribution in [3.05, 3.63) is 130 Å². The van der Waals surface area contributed by atoms with Gasteiger partial charge in [0.05, 0.1) is 10.6 Å². The van der Waals surface area contributed by atoms with Crippen molar-refractivity contribution in [1.29, 1.82) is 0 Å². The van der Waals surface area contributed by atoms with Gasteiger partial charge in [0.2, 0.25) is 11.8 Å². The van der Waals surface area contributed by atoms with E-state index in [4.69, 9.17) is 11.6 Å². The lowest BCUT2D eigenvalue weighted by molar-refractivity contribution is -0.140. The number of nitrogens with one attached hydrogen (secondary N) is 1. The molecule has 0 radical (unpaired) electrons. The number of nitrogens with zero attached hydrogens (tertiary/aromatic N) is 2. The molecule has 1 saturated carbocycles. The molecule has 5 rings (SSSR count). The predicted octanol–water partition coefficient (Wildman–Crippen LogP) is 7.24. The molecule has 0 aromatic heterocycles. The molecule has 7 nitrogen and oxygen atoms in total. The number of aryl methyl sites for hydroxylation is 2. The average molecular weight is 672 g/mol. The van der Waals surface area contributed by atoms with E-state index in [2.05, 4.69) is 5.32 Å². The minimum absolute atomic E-state index is 0.0129. The molecular weight excluding hydrogens is 630 g/mol. The highest BCUT2D eigenvalue weighted by molar-refractivity contribution is 7.92. The molecule has 0 saturated heterocycles. The first-order valence-electron chi connectivity index (χ1n) is 16.1. The van der Waals surface area contributed by atoms with E-state index in [0.717, 1.165) is 53.1 Å². The normalized spacial score (nSPS) is 14.3. The fraction of sp³-hybridized carbons (Fsp3) is 0.316. The number of carbonyl (C=O) groups is 2. The van der Waals surface area contributed by atoms with Gasteiger partial charge in [0.15, 0.2) is 0 Å². The Morgan fingerprint density at radius 3 is 2.11 bits per heavy atom. The Kier molecular flexibility index (Phi) is 11.4. The number of hydrogen-bond donors (Lipinski definition) is 1. The highest BCUT2D eigenvalue weighted by Crippen LogP contribution is 2.28. The summed E-state index contributed by atoms with van der Waals surface area (Å²) in [4.78, 5) is 30.5. The summed E-state index contributed by atoms with van der Waals surface area (Å²) in [6.45, 7) is 3.44. The fourth-order valence-electron chi connectivity index (χ4n) is 6.08. The van der Waals surface area contributed by atoms with E-state index in [0.29, 0.717) is 16.3 Å². The van der Waals surface area contributed by atoms with Gasteiger partial charge in [-0.15, -0.1) is 0 Å². The smallest absolute Gasteiger partial charge is 0.264 e. The van der Waals surface area contributed by atoms with Crippen LogP contribution in [0.5, 0.6) is 0 Å². The van der Waals surface area contributed by atoms with Gasteiger partial charge in [-0.05, 0) is 73.7 Å². The van der Waals surface area contributed by atoms with Crippen LogP contribution in [0.1, 0.15) is 54.4 Å². The summed E-state index contributed by atoms with van der Waals surface area (Å²) in [5.41, 5.74) is 3.90. The monoisotopic (exact) mass is 671 g/mol. The molecule has 4 aromatic carbocycles. The Hall–Kier alpha value is -4.14. The zero-order valence-corrected chi connectivity index (χ0v) is 28.5. The van der Waals surface area contributed by atoms with Crippen molar-refractivity contribution in [3.8, 4) is 0 Å². The maximum absolute atomic E-state index is 14.7. The molecule has 1 fully saturated rings. The standard InChI is InChI=1S/C38H42ClN3O4S/c1-28-17-19-31(20-18-28)26-41(36(25-30-12-5-3-6-13-30)38(44)40-33-14-7-4-8-15-33)37(43)27-42(35-16-10-9-11-29(35)2)47(45,46)34-23-21-32(39)22-24-34/h3,5-6,9-13,16-24,33,36H,4,7-8,14-15,25-27H2,1-2H3,(H,40,44). The number of halogens is 1. The maximum atomic E-state index is 14.7. The van der Waals surface area contributed by atoms with E-state index in [1.807, 2.05) is 80.6 Å². The average Bonchev–Trinajstić information content (AvgIpc) is 3.07. The van der Waals surface area contributed by atoms with Crippen molar-refractivity contribution in [3.63, 3.8) is 0 Å². The van der Waals surface area contributed by atoms with Gasteiger partial charge in [-0.2, -0.15) is 0 Å². The second-order valence-electron chi connectivity index (χ2n) is 12.3. The number of benzene rings is 4. The second kappa shape index (κ2) is 15.6. The summed E-state index contributed by atoms with van der Waals surface area (Å²) in [7, 11) is -4.20. The van der Waals surface area contributed by atoms with Crippen LogP contribution in [-0.2, 0) is 32.6 Å². The molecule has 9 heteroatoms. The van der Waals surface area contributed by atoms with Crippen LogP contribution in [0.25, 0.3) is 0 Å². The van der Waals surface area contributed by atoms with Crippen molar-refractivity contribution in [1.82, 2.24) is 10.2 Å². The number of amides is 2. The van der Waals surface area contributed by atoms with E-state index >= 15 is 0 Å². The molecule has 0 aliphatic heterocycles. The molecular formula is C38H42ClN3O4S. The van der Waals surface area contributed by atoms with Crippen LogP contribution in [0.4, 0.5) is 5.69 Å². The van der Waals surface area contributed by atoms with Gasteiger partial charge in [0.25, 0.3) is 10.0 Å². The van der Waals surface area contributed by atoms with E-state index in [9.17, 15) is 18.0 Å². The SMILES string of the molecule is Cc1ccc(CN(C(=O)CN(c2ccccc2C)S(=O)(=O)c2ccc(Cl)cc2)C(Cc2ccccc2)C(=O)NC2CCCCC2)cc1. The Morgan fingerprint density at radius 1 is 0.809 bits per heavy atom. The molecule has 1 aliphatic carbocycles. The molecule has 0 bridgehead atoms. The molecule has 2 amide bonds.